The standard InChI is InChI=1S/C19H16BrN3O4/c1-2-27-18(25)21-23-16(17(24)13-6-4-3-5-7-13)12-22(19(23)26)15-10-8-14(20)9-11-15/h3-12H,2H2,1H3,(H,21,25). The minimum Gasteiger partial charge on any atom is -0.449 e. The summed E-state index contributed by atoms with van der Waals surface area (Å²) in [5.74, 6) is -0.402. The van der Waals surface area contributed by atoms with Crippen molar-refractivity contribution >= 4 is 27.8 Å². The molecule has 7 nitrogen and oxygen atoms in total. The number of benzene rings is 2. The Labute approximate surface area is 163 Å². The number of ether oxygens (including phenoxy) is 1. The molecule has 0 bridgehead atoms. The van der Waals surface area contributed by atoms with Crippen molar-refractivity contribution in [2.75, 3.05) is 12.0 Å². The summed E-state index contributed by atoms with van der Waals surface area (Å²) < 4.78 is 7.87. The maximum atomic E-state index is 12.9. The number of rotatable bonds is 5. The lowest BCUT2D eigenvalue weighted by molar-refractivity contribution is 0.103. The van der Waals surface area contributed by atoms with Crippen molar-refractivity contribution in [2.45, 2.75) is 6.92 Å². The number of amides is 1. The van der Waals surface area contributed by atoms with Crippen LogP contribution < -0.4 is 11.1 Å². The van der Waals surface area contributed by atoms with Crippen molar-refractivity contribution in [3.05, 3.63) is 87.0 Å². The fourth-order valence-corrected chi connectivity index (χ4v) is 2.76. The van der Waals surface area contributed by atoms with Crippen LogP contribution in [0, 0.1) is 0 Å². The lowest BCUT2D eigenvalue weighted by Gasteiger charge is -2.08. The number of nitrogens with one attached hydrogen (secondary N) is 1. The van der Waals surface area contributed by atoms with E-state index in [9.17, 15) is 14.4 Å². The number of halogens is 1. The van der Waals surface area contributed by atoms with Crippen molar-refractivity contribution in [3.8, 4) is 5.69 Å². The quantitative estimate of drug-likeness (QED) is 0.630. The second-order valence-electron chi connectivity index (χ2n) is 5.51. The van der Waals surface area contributed by atoms with Gasteiger partial charge in [0.1, 0.15) is 5.69 Å². The summed E-state index contributed by atoms with van der Waals surface area (Å²) in [5, 5.41) is 0. The Morgan fingerprint density at radius 3 is 2.37 bits per heavy atom. The van der Waals surface area contributed by atoms with Crippen LogP contribution in [0.25, 0.3) is 5.69 Å². The number of ketones is 1. The van der Waals surface area contributed by atoms with Crippen molar-refractivity contribution in [2.24, 2.45) is 0 Å². The second kappa shape index (κ2) is 8.05. The predicted octanol–water partition coefficient (Wildman–Crippen LogP) is 3.33. The highest BCUT2D eigenvalue weighted by Crippen LogP contribution is 2.15. The van der Waals surface area contributed by atoms with Crippen molar-refractivity contribution in [1.82, 2.24) is 9.24 Å². The first-order valence-corrected chi connectivity index (χ1v) is 8.94. The van der Waals surface area contributed by atoms with Gasteiger partial charge in [-0.25, -0.2) is 15.0 Å². The fraction of sp³-hybridized carbons (Fsp3) is 0.105. The number of aromatic nitrogens is 2. The topological polar surface area (TPSA) is 82.3 Å². The van der Waals surface area contributed by atoms with Gasteiger partial charge in [0.15, 0.2) is 0 Å². The molecule has 0 saturated heterocycles. The molecular weight excluding hydrogens is 414 g/mol. The highest BCUT2D eigenvalue weighted by Gasteiger charge is 2.21. The lowest BCUT2D eigenvalue weighted by atomic mass is 10.1. The van der Waals surface area contributed by atoms with E-state index in [4.69, 9.17) is 4.74 Å². The summed E-state index contributed by atoms with van der Waals surface area (Å²) in [4.78, 5) is 37.6. The molecule has 0 fully saturated rings. The molecule has 0 spiro atoms. The molecule has 3 aromatic rings. The molecule has 1 N–H and O–H groups in total. The summed E-state index contributed by atoms with van der Waals surface area (Å²) in [6, 6.07) is 15.5. The van der Waals surface area contributed by atoms with Gasteiger partial charge in [-0.3, -0.25) is 9.36 Å². The molecule has 2 aromatic carbocycles. The molecule has 8 heteroatoms. The minimum absolute atomic E-state index is 0.0159. The van der Waals surface area contributed by atoms with Crippen molar-refractivity contribution in [3.63, 3.8) is 0 Å². The van der Waals surface area contributed by atoms with Gasteiger partial charge >= 0.3 is 11.8 Å². The molecule has 0 atom stereocenters. The fourth-order valence-electron chi connectivity index (χ4n) is 2.49. The van der Waals surface area contributed by atoms with Crippen LogP contribution in [0.5, 0.6) is 0 Å². The minimum atomic E-state index is -0.824. The Kier molecular flexibility index (Phi) is 5.56. The Balaban J connectivity index is 2.11. The zero-order valence-electron chi connectivity index (χ0n) is 14.4. The Hall–Kier alpha value is -3.13. The highest BCUT2D eigenvalue weighted by molar-refractivity contribution is 9.10. The average molecular weight is 430 g/mol. The predicted molar refractivity (Wildman–Crippen MR) is 104 cm³/mol. The second-order valence-corrected chi connectivity index (χ2v) is 6.42. The normalized spacial score (nSPS) is 10.4. The van der Waals surface area contributed by atoms with Crippen LogP contribution in [0.3, 0.4) is 0 Å². The van der Waals surface area contributed by atoms with E-state index in [1.807, 2.05) is 0 Å². The first-order chi connectivity index (χ1) is 13.0. The van der Waals surface area contributed by atoms with E-state index < -0.39 is 17.6 Å². The summed E-state index contributed by atoms with van der Waals surface area (Å²) in [5.41, 5.74) is 2.69. The van der Waals surface area contributed by atoms with Crippen LogP contribution in [0.15, 0.2) is 70.1 Å². The third-order valence-corrected chi connectivity index (χ3v) is 4.27. The monoisotopic (exact) mass is 429 g/mol. The van der Waals surface area contributed by atoms with Gasteiger partial charge in [-0.1, -0.05) is 46.3 Å². The van der Waals surface area contributed by atoms with Crippen molar-refractivity contribution < 1.29 is 14.3 Å². The molecule has 3 rings (SSSR count). The molecular formula is C19H16BrN3O4. The number of nitrogens with zero attached hydrogens (tertiary/aromatic N) is 2. The van der Waals surface area contributed by atoms with Crippen LogP contribution in [-0.2, 0) is 4.74 Å². The Morgan fingerprint density at radius 1 is 1.07 bits per heavy atom. The van der Waals surface area contributed by atoms with E-state index in [-0.39, 0.29) is 12.3 Å². The molecule has 138 valence electrons. The first-order valence-electron chi connectivity index (χ1n) is 8.15. The zero-order valence-corrected chi connectivity index (χ0v) is 16.0. The van der Waals surface area contributed by atoms with Gasteiger partial charge in [-0.15, -0.1) is 0 Å². The molecule has 1 aromatic heterocycles. The number of imidazole rings is 1. The number of carbonyl (C=O) groups is 2. The molecule has 0 saturated carbocycles. The summed E-state index contributed by atoms with van der Waals surface area (Å²) in [6.07, 6.45) is 0.572. The van der Waals surface area contributed by atoms with Gasteiger partial charge in [0.05, 0.1) is 12.3 Å². The van der Waals surface area contributed by atoms with Gasteiger partial charge in [0.25, 0.3) is 0 Å². The molecule has 0 radical (unpaired) electrons. The summed E-state index contributed by atoms with van der Waals surface area (Å²) >= 11 is 3.34. The van der Waals surface area contributed by atoms with Crippen LogP contribution in [-0.4, -0.2) is 27.7 Å². The van der Waals surface area contributed by atoms with Gasteiger partial charge < -0.3 is 4.74 Å². The number of carbonyl (C=O) groups excluding carboxylic acids is 2. The largest absolute Gasteiger partial charge is 0.449 e. The number of hydrogen-bond donors (Lipinski definition) is 1. The van der Waals surface area contributed by atoms with Crippen LogP contribution in [0.2, 0.25) is 0 Å². The van der Waals surface area contributed by atoms with Crippen molar-refractivity contribution in [1.29, 1.82) is 0 Å². The highest BCUT2D eigenvalue weighted by atomic mass is 79.9. The van der Waals surface area contributed by atoms with Crippen LogP contribution in [0.4, 0.5) is 4.79 Å². The maximum Gasteiger partial charge on any atom is 0.426 e. The lowest BCUT2D eigenvalue weighted by Crippen LogP contribution is -2.36. The zero-order chi connectivity index (χ0) is 19.4. The van der Waals surface area contributed by atoms with E-state index in [1.54, 1.807) is 61.5 Å². The van der Waals surface area contributed by atoms with E-state index in [0.717, 1.165) is 9.15 Å². The first kappa shape index (κ1) is 18.7. The smallest absolute Gasteiger partial charge is 0.426 e. The maximum absolute atomic E-state index is 12.9. The summed E-state index contributed by atoms with van der Waals surface area (Å²) in [6.45, 7) is 1.78. The third-order valence-electron chi connectivity index (χ3n) is 3.74. The van der Waals surface area contributed by atoms with Gasteiger partial charge in [0.2, 0.25) is 5.78 Å². The Morgan fingerprint density at radius 2 is 1.74 bits per heavy atom. The SMILES string of the molecule is CCOC(=O)Nn1c(C(=O)c2ccccc2)cn(-c2ccc(Br)cc2)c1=O. The molecule has 0 aliphatic heterocycles. The summed E-state index contributed by atoms with van der Waals surface area (Å²) in [7, 11) is 0. The van der Waals surface area contributed by atoms with Crippen LogP contribution in [0.1, 0.15) is 23.0 Å². The molecule has 1 heterocycles. The van der Waals surface area contributed by atoms with E-state index >= 15 is 0 Å². The van der Waals surface area contributed by atoms with E-state index in [1.165, 1.54) is 10.8 Å². The number of hydrogen-bond acceptors (Lipinski definition) is 4. The van der Waals surface area contributed by atoms with E-state index in [2.05, 4.69) is 21.4 Å². The average Bonchev–Trinajstić information content (AvgIpc) is 2.99. The molecule has 1 amide bonds. The molecule has 27 heavy (non-hydrogen) atoms. The molecule has 0 unspecified atom stereocenters. The van der Waals surface area contributed by atoms with Gasteiger partial charge in [-0.05, 0) is 31.2 Å². The molecule has 0 aliphatic carbocycles. The molecule has 0 aliphatic rings. The van der Waals surface area contributed by atoms with Gasteiger partial charge in [-0.2, -0.15) is 4.68 Å². The third kappa shape index (κ3) is 4.01. The van der Waals surface area contributed by atoms with Crippen LogP contribution >= 0.6 is 15.9 Å². The van der Waals surface area contributed by atoms with E-state index in [0.29, 0.717) is 11.3 Å². The Bertz CT molecular complexity index is 1020. The van der Waals surface area contributed by atoms with Gasteiger partial charge in [0, 0.05) is 16.2 Å².